The van der Waals surface area contributed by atoms with Crippen LogP contribution in [-0.4, -0.2) is 22.6 Å². The van der Waals surface area contributed by atoms with E-state index in [1.54, 1.807) is 0 Å². The third-order valence-electron chi connectivity index (χ3n) is 4.90. The zero-order valence-corrected chi connectivity index (χ0v) is 13.9. The summed E-state index contributed by atoms with van der Waals surface area (Å²) in [4.78, 5) is 5.01. The maximum absolute atomic E-state index is 6.15. The van der Waals surface area contributed by atoms with Crippen LogP contribution in [0.25, 0.3) is 11.0 Å². The number of aryl methyl sites for hydroxylation is 1. The molecule has 1 aromatic heterocycles. The predicted molar refractivity (Wildman–Crippen MR) is 89.0 cm³/mol. The van der Waals surface area contributed by atoms with Crippen molar-refractivity contribution in [3.63, 3.8) is 0 Å². The lowest BCUT2D eigenvalue weighted by Gasteiger charge is -2.32. The van der Waals surface area contributed by atoms with Gasteiger partial charge in [-0.15, -0.1) is 0 Å². The second-order valence-electron chi connectivity index (χ2n) is 6.46. The summed E-state index contributed by atoms with van der Waals surface area (Å²) in [5, 5.41) is 4.30. The maximum Gasteiger partial charge on any atom is 0.117 e. The first-order chi connectivity index (χ1) is 10.1. The molecule has 0 saturated carbocycles. The largest absolute Gasteiger partial charge is 0.327 e. The highest BCUT2D eigenvalue weighted by molar-refractivity contribution is 6.31. The fraction of sp³-hybridized carbons (Fsp3) is 0.588. The van der Waals surface area contributed by atoms with E-state index in [1.165, 1.54) is 11.3 Å². The smallest absolute Gasteiger partial charge is 0.117 e. The van der Waals surface area contributed by atoms with Gasteiger partial charge in [0.05, 0.1) is 11.0 Å². The number of nitrogens with zero attached hydrogens (tertiary/aromatic N) is 2. The lowest BCUT2D eigenvalue weighted by molar-refractivity contribution is 0.307. The van der Waals surface area contributed by atoms with Gasteiger partial charge < -0.3 is 9.88 Å². The van der Waals surface area contributed by atoms with Crippen molar-refractivity contribution in [2.24, 2.45) is 5.92 Å². The average Bonchev–Trinajstić information content (AvgIpc) is 3.05. The molecule has 1 atom stereocenters. The summed E-state index contributed by atoms with van der Waals surface area (Å²) in [6.45, 7) is 9.97. The molecule has 0 radical (unpaired) electrons. The molecule has 0 aliphatic carbocycles. The number of hydrogen-bond acceptors (Lipinski definition) is 2. The van der Waals surface area contributed by atoms with Crippen molar-refractivity contribution in [3.8, 4) is 0 Å². The van der Waals surface area contributed by atoms with Crippen LogP contribution in [0.1, 0.15) is 39.4 Å². The number of nitrogens with one attached hydrogen (secondary N) is 1. The number of halogens is 1. The highest BCUT2D eigenvalue weighted by Gasteiger charge is 2.42. The lowest BCUT2D eigenvalue weighted by atomic mass is 9.75. The van der Waals surface area contributed by atoms with E-state index in [-0.39, 0.29) is 5.41 Å². The molecule has 1 saturated heterocycles. The van der Waals surface area contributed by atoms with E-state index in [2.05, 4.69) is 36.7 Å². The number of imidazole rings is 1. The van der Waals surface area contributed by atoms with E-state index in [1.807, 2.05) is 12.1 Å². The Kier molecular flexibility index (Phi) is 3.98. The SMILES string of the molecule is CCCn1c(C2(C(C)C)CCNC2)nc2cc(Cl)ccc21. The minimum absolute atomic E-state index is 0.140. The van der Waals surface area contributed by atoms with E-state index in [9.17, 15) is 0 Å². The minimum Gasteiger partial charge on any atom is -0.327 e. The normalized spacial score (nSPS) is 22.5. The van der Waals surface area contributed by atoms with Gasteiger partial charge in [-0.2, -0.15) is 0 Å². The Morgan fingerprint density at radius 3 is 2.86 bits per heavy atom. The van der Waals surface area contributed by atoms with Gasteiger partial charge >= 0.3 is 0 Å². The van der Waals surface area contributed by atoms with Crippen LogP contribution < -0.4 is 5.32 Å². The first kappa shape index (κ1) is 14.9. The van der Waals surface area contributed by atoms with Gasteiger partial charge in [0.2, 0.25) is 0 Å². The Bertz CT molecular complexity index is 639. The van der Waals surface area contributed by atoms with E-state index in [4.69, 9.17) is 16.6 Å². The third kappa shape index (κ3) is 2.36. The van der Waals surface area contributed by atoms with Crippen molar-refractivity contribution in [1.29, 1.82) is 0 Å². The molecule has 3 rings (SSSR count). The van der Waals surface area contributed by atoms with E-state index < -0.39 is 0 Å². The Balaban J connectivity index is 2.22. The number of aromatic nitrogens is 2. The molecule has 3 nitrogen and oxygen atoms in total. The van der Waals surface area contributed by atoms with E-state index in [0.29, 0.717) is 5.92 Å². The summed E-state index contributed by atoms with van der Waals surface area (Å²) >= 11 is 6.15. The van der Waals surface area contributed by atoms with Crippen molar-refractivity contribution in [2.45, 2.75) is 45.6 Å². The molecule has 4 heteroatoms. The molecular weight excluding hydrogens is 282 g/mol. The summed E-state index contributed by atoms with van der Waals surface area (Å²) in [6, 6.07) is 6.07. The minimum atomic E-state index is 0.140. The van der Waals surface area contributed by atoms with Gasteiger partial charge in [-0.25, -0.2) is 4.98 Å². The molecule has 1 aliphatic rings. The average molecular weight is 306 g/mol. The van der Waals surface area contributed by atoms with Gasteiger partial charge in [0, 0.05) is 23.5 Å². The highest BCUT2D eigenvalue weighted by Crippen LogP contribution is 2.39. The molecule has 0 spiro atoms. The van der Waals surface area contributed by atoms with Gasteiger partial charge in [0.25, 0.3) is 0 Å². The highest BCUT2D eigenvalue weighted by atomic mass is 35.5. The Morgan fingerprint density at radius 2 is 2.24 bits per heavy atom. The van der Waals surface area contributed by atoms with Gasteiger partial charge in [-0.1, -0.05) is 32.4 Å². The van der Waals surface area contributed by atoms with Gasteiger partial charge in [0.15, 0.2) is 0 Å². The standard InChI is InChI=1S/C17H24ClN3/c1-4-9-21-15-6-5-13(18)10-14(15)20-16(21)17(12(2)3)7-8-19-11-17/h5-6,10,12,19H,4,7-9,11H2,1-3H3. The Morgan fingerprint density at radius 1 is 1.43 bits per heavy atom. The molecule has 114 valence electrons. The van der Waals surface area contributed by atoms with Gasteiger partial charge in [0.1, 0.15) is 5.82 Å². The molecule has 2 aromatic rings. The first-order valence-electron chi connectivity index (χ1n) is 7.95. The van der Waals surface area contributed by atoms with Gasteiger partial charge in [-0.05, 0) is 43.5 Å². The number of hydrogen-bond donors (Lipinski definition) is 1. The van der Waals surface area contributed by atoms with Crippen molar-refractivity contribution < 1.29 is 0 Å². The summed E-state index contributed by atoms with van der Waals surface area (Å²) in [7, 11) is 0. The van der Waals surface area contributed by atoms with E-state index >= 15 is 0 Å². The molecule has 1 aliphatic heterocycles. The topological polar surface area (TPSA) is 29.9 Å². The van der Waals surface area contributed by atoms with Crippen molar-refractivity contribution >= 4 is 22.6 Å². The maximum atomic E-state index is 6.15. The zero-order valence-electron chi connectivity index (χ0n) is 13.1. The van der Waals surface area contributed by atoms with E-state index in [0.717, 1.165) is 43.0 Å². The van der Waals surface area contributed by atoms with Crippen LogP contribution in [-0.2, 0) is 12.0 Å². The number of fused-ring (bicyclic) bond motifs is 1. The van der Waals surface area contributed by atoms with Crippen LogP contribution in [0, 0.1) is 5.92 Å². The summed E-state index contributed by atoms with van der Waals surface area (Å²) in [5.74, 6) is 1.80. The van der Waals surface area contributed by atoms with Crippen molar-refractivity contribution in [3.05, 3.63) is 29.0 Å². The first-order valence-corrected chi connectivity index (χ1v) is 8.33. The summed E-state index contributed by atoms with van der Waals surface area (Å²) in [5.41, 5.74) is 2.38. The Hall–Kier alpha value is -1.06. The zero-order chi connectivity index (χ0) is 15.0. The Labute approximate surface area is 131 Å². The van der Waals surface area contributed by atoms with Crippen LogP contribution in [0.3, 0.4) is 0 Å². The number of rotatable bonds is 4. The van der Waals surface area contributed by atoms with Crippen molar-refractivity contribution in [1.82, 2.24) is 14.9 Å². The van der Waals surface area contributed by atoms with Crippen molar-refractivity contribution in [2.75, 3.05) is 13.1 Å². The molecule has 1 aromatic carbocycles. The fourth-order valence-corrected chi connectivity index (χ4v) is 3.75. The molecule has 0 bridgehead atoms. The summed E-state index contributed by atoms with van der Waals surface area (Å²) < 4.78 is 2.42. The molecular formula is C17H24ClN3. The van der Waals surface area contributed by atoms with Crippen LogP contribution in [0.5, 0.6) is 0 Å². The van der Waals surface area contributed by atoms with Crippen LogP contribution in [0.15, 0.2) is 18.2 Å². The molecule has 0 amide bonds. The third-order valence-corrected chi connectivity index (χ3v) is 5.13. The predicted octanol–water partition coefficient (Wildman–Crippen LogP) is 3.99. The molecule has 1 N–H and O–H groups in total. The molecule has 1 fully saturated rings. The lowest BCUT2D eigenvalue weighted by Crippen LogP contribution is -2.37. The monoisotopic (exact) mass is 305 g/mol. The quantitative estimate of drug-likeness (QED) is 0.925. The second kappa shape index (κ2) is 5.62. The second-order valence-corrected chi connectivity index (χ2v) is 6.89. The number of benzene rings is 1. The van der Waals surface area contributed by atoms with Gasteiger partial charge in [-0.3, -0.25) is 0 Å². The molecule has 21 heavy (non-hydrogen) atoms. The van der Waals surface area contributed by atoms with Crippen LogP contribution >= 0.6 is 11.6 Å². The molecule has 1 unspecified atom stereocenters. The van der Waals surface area contributed by atoms with Crippen LogP contribution in [0.2, 0.25) is 5.02 Å². The fourth-order valence-electron chi connectivity index (χ4n) is 3.59. The molecule has 2 heterocycles. The van der Waals surface area contributed by atoms with Crippen LogP contribution in [0.4, 0.5) is 0 Å². The summed E-state index contributed by atoms with van der Waals surface area (Å²) in [6.07, 6.45) is 2.27.